The van der Waals surface area contributed by atoms with E-state index in [1.807, 2.05) is 0 Å². The van der Waals surface area contributed by atoms with Crippen molar-refractivity contribution in [3.05, 3.63) is 0 Å². The summed E-state index contributed by atoms with van der Waals surface area (Å²) in [6.45, 7) is 2.29. The summed E-state index contributed by atoms with van der Waals surface area (Å²) in [5.74, 6) is 0.795. The van der Waals surface area contributed by atoms with Crippen LogP contribution in [0.2, 0.25) is 0 Å². The Hall–Kier alpha value is -0.0800. The van der Waals surface area contributed by atoms with Gasteiger partial charge in [-0.1, -0.05) is 51.9 Å². The number of ether oxygens (including phenoxy) is 1. The Kier molecular flexibility index (Phi) is 6.66. The predicted molar refractivity (Wildman–Crippen MR) is 81.5 cm³/mol. The van der Waals surface area contributed by atoms with E-state index in [0.717, 1.165) is 5.92 Å². The third-order valence-electron chi connectivity index (χ3n) is 5.16. The van der Waals surface area contributed by atoms with E-state index in [-0.39, 0.29) is 0 Å². The minimum atomic E-state index is 0.576. The topological polar surface area (TPSA) is 21.3 Å². The molecule has 2 nitrogen and oxygen atoms in total. The molecule has 0 aromatic heterocycles. The van der Waals surface area contributed by atoms with Crippen molar-refractivity contribution >= 4 is 0 Å². The van der Waals surface area contributed by atoms with Gasteiger partial charge in [-0.3, -0.25) is 0 Å². The summed E-state index contributed by atoms with van der Waals surface area (Å²) in [6, 6.07) is 0.700. The molecule has 1 N–H and O–H groups in total. The van der Waals surface area contributed by atoms with E-state index in [0.29, 0.717) is 18.2 Å². The molecule has 2 fully saturated rings. The normalized spacial score (nSPS) is 30.9. The van der Waals surface area contributed by atoms with Crippen molar-refractivity contribution in [2.45, 2.75) is 95.8 Å². The number of hydrogen-bond donors (Lipinski definition) is 1. The van der Waals surface area contributed by atoms with Crippen LogP contribution >= 0.6 is 0 Å². The van der Waals surface area contributed by atoms with E-state index in [2.05, 4.69) is 19.3 Å². The minimum absolute atomic E-state index is 0.576. The summed E-state index contributed by atoms with van der Waals surface area (Å²) < 4.78 is 6.00. The Balaban J connectivity index is 1.56. The van der Waals surface area contributed by atoms with Gasteiger partial charge in [0.1, 0.15) is 0 Å². The fraction of sp³-hybridized carbons (Fsp3) is 1.00. The third-order valence-corrected chi connectivity index (χ3v) is 5.16. The molecule has 2 heterocycles. The van der Waals surface area contributed by atoms with Crippen LogP contribution in [0.15, 0.2) is 0 Å². The smallest absolute Gasteiger partial charge is 0.0623 e. The van der Waals surface area contributed by atoms with Crippen molar-refractivity contribution in [3.8, 4) is 0 Å². The summed E-state index contributed by atoms with van der Waals surface area (Å²) in [5, 5.41) is 3.56. The summed E-state index contributed by atoms with van der Waals surface area (Å²) in [7, 11) is 2.14. The minimum Gasteiger partial charge on any atom is -0.375 e. The Morgan fingerprint density at radius 3 is 2.37 bits per heavy atom. The lowest BCUT2D eigenvalue weighted by molar-refractivity contribution is 0.0854. The van der Waals surface area contributed by atoms with E-state index in [9.17, 15) is 0 Å². The van der Waals surface area contributed by atoms with Crippen LogP contribution in [0.5, 0.6) is 0 Å². The fourth-order valence-corrected chi connectivity index (χ4v) is 3.99. The van der Waals surface area contributed by atoms with Crippen molar-refractivity contribution in [3.63, 3.8) is 0 Å². The van der Waals surface area contributed by atoms with Crippen LogP contribution in [-0.4, -0.2) is 25.3 Å². The van der Waals surface area contributed by atoms with E-state index >= 15 is 0 Å². The van der Waals surface area contributed by atoms with Gasteiger partial charge in [0, 0.05) is 12.0 Å². The molecule has 0 radical (unpaired) electrons. The van der Waals surface area contributed by atoms with Crippen LogP contribution in [0.4, 0.5) is 0 Å². The van der Waals surface area contributed by atoms with Crippen molar-refractivity contribution in [1.82, 2.24) is 5.32 Å². The molecular weight excluding hydrogens is 234 g/mol. The first-order chi connectivity index (χ1) is 9.35. The van der Waals surface area contributed by atoms with E-state index in [4.69, 9.17) is 4.74 Å². The number of unbranched alkanes of at least 4 members (excludes halogenated alkanes) is 6. The summed E-state index contributed by atoms with van der Waals surface area (Å²) >= 11 is 0. The molecule has 2 heteroatoms. The molecule has 0 spiro atoms. The zero-order chi connectivity index (χ0) is 13.5. The molecule has 2 bridgehead atoms. The van der Waals surface area contributed by atoms with Gasteiger partial charge >= 0.3 is 0 Å². The second kappa shape index (κ2) is 8.26. The van der Waals surface area contributed by atoms with Gasteiger partial charge in [0.2, 0.25) is 0 Å². The monoisotopic (exact) mass is 267 g/mol. The molecule has 0 aromatic rings. The molecule has 2 aliphatic rings. The molecular formula is C17H33NO. The highest BCUT2D eigenvalue weighted by Gasteiger charge is 2.43. The molecule has 19 heavy (non-hydrogen) atoms. The molecule has 2 saturated heterocycles. The van der Waals surface area contributed by atoms with Crippen LogP contribution in [0, 0.1) is 5.92 Å². The predicted octanol–water partition coefficient (Wildman–Crippen LogP) is 4.28. The average molecular weight is 267 g/mol. The van der Waals surface area contributed by atoms with Gasteiger partial charge in [-0.05, 0) is 32.7 Å². The largest absolute Gasteiger partial charge is 0.375 e. The number of fused-ring (bicyclic) bond motifs is 2. The van der Waals surface area contributed by atoms with Gasteiger partial charge in [-0.25, -0.2) is 0 Å². The highest BCUT2D eigenvalue weighted by Crippen LogP contribution is 2.41. The van der Waals surface area contributed by atoms with Crippen LogP contribution in [0.25, 0.3) is 0 Å². The van der Waals surface area contributed by atoms with Gasteiger partial charge in [-0.2, -0.15) is 0 Å². The maximum atomic E-state index is 6.00. The van der Waals surface area contributed by atoms with Crippen molar-refractivity contribution < 1.29 is 4.74 Å². The average Bonchev–Trinajstić information content (AvgIpc) is 3.04. The lowest BCUT2D eigenvalue weighted by Gasteiger charge is -2.28. The number of nitrogens with one attached hydrogen (secondary N) is 1. The first kappa shape index (κ1) is 15.3. The second-order valence-corrected chi connectivity index (χ2v) is 6.58. The second-order valence-electron chi connectivity index (χ2n) is 6.58. The molecule has 0 aromatic carbocycles. The van der Waals surface area contributed by atoms with E-state index < -0.39 is 0 Å². The molecule has 0 aliphatic carbocycles. The Bertz CT molecular complexity index is 243. The van der Waals surface area contributed by atoms with E-state index in [1.165, 1.54) is 70.6 Å². The Morgan fingerprint density at radius 2 is 1.79 bits per heavy atom. The van der Waals surface area contributed by atoms with Crippen molar-refractivity contribution in [1.29, 1.82) is 0 Å². The lowest BCUT2D eigenvalue weighted by Crippen LogP contribution is -2.38. The van der Waals surface area contributed by atoms with Gasteiger partial charge in [0.25, 0.3) is 0 Å². The third kappa shape index (κ3) is 4.46. The number of hydrogen-bond acceptors (Lipinski definition) is 2. The van der Waals surface area contributed by atoms with Crippen LogP contribution in [-0.2, 0) is 4.74 Å². The SMILES string of the molecule is CCCCCCCCCC(NC)C1CC2CCC1O2. The Morgan fingerprint density at radius 1 is 1.05 bits per heavy atom. The zero-order valence-electron chi connectivity index (χ0n) is 13.0. The number of rotatable bonds is 10. The standard InChI is InChI=1S/C17H33NO/c1-3-4-5-6-7-8-9-10-16(18-2)15-13-14-11-12-17(15)19-14/h14-18H,3-13H2,1-2H3. The van der Waals surface area contributed by atoms with Gasteiger partial charge in [0.05, 0.1) is 12.2 Å². The first-order valence-corrected chi connectivity index (χ1v) is 8.68. The van der Waals surface area contributed by atoms with Crippen molar-refractivity contribution in [2.75, 3.05) is 7.05 Å². The quantitative estimate of drug-likeness (QED) is 0.596. The summed E-state index contributed by atoms with van der Waals surface area (Å²) in [4.78, 5) is 0. The van der Waals surface area contributed by atoms with Crippen molar-refractivity contribution in [2.24, 2.45) is 5.92 Å². The molecule has 4 atom stereocenters. The molecule has 2 rings (SSSR count). The van der Waals surface area contributed by atoms with Crippen LogP contribution in [0.1, 0.15) is 77.6 Å². The maximum absolute atomic E-state index is 6.00. The molecule has 0 amide bonds. The lowest BCUT2D eigenvalue weighted by atomic mass is 9.82. The Labute approximate surface area is 119 Å². The molecule has 0 saturated carbocycles. The van der Waals surface area contributed by atoms with E-state index in [1.54, 1.807) is 0 Å². The maximum Gasteiger partial charge on any atom is 0.0623 e. The first-order valence-electron chi connectivity index (χ1n) is 8.68. The fourth-order valence-electron chi connectivity index (χ4n) is 3.99. The highest BCUT2D eigenvalue weighted by molar-refractivity contribution is 4.94. The summed E-state index contributed by atoms with van der Waals surface area (Å²) in [5.41, 5.74) is 0. The molecule has 112 valence electrons. The van der Waals surface area contributed by atoms with Gasteiger partial charge in [0.15, 0.2) is 0 Å². The molecule has 2 aliphatic heterocycles. The molecule has 4 unspecified atom stereocenters. The van der Waals surface area contributed by atoms with Crippen LogP contribution in [0.3, 0.4) is 0 Å². The van der Waals surface area contributed by atoms with Crippen LogP contribution < -0.4 is 5.32 Å². The van der Waals surface area contributed by atoms with Gasteiger partial charge in [-0.15, -0.1) is 0 Å². The van der Waals surface area contributed by atoms with Gasteiger partial charge < -0.3 is 10.1 Å². The summed E-state index contributed by atoms with van der Waals surface area (Å²) in [6.07, 6.45) is 16.4. The zero-order valence-corrected chi connectivity index (χ0v) is 13.0. The highest BCUT2D eigenvalue weighted by atomic mass is 16.5.